The first-order valence-electron chi connectivity index (χ1n) is 8.78. The van der Waals surface area contributed by atoms with E-state index in [9.17, 15) is 9.90 Å². The van der Waals surface area contributed by atoms with Gasteiger partial charge in [-0.25, -0.2) is 4.98 Å². The van der Waals surface area contributed by atoms with Gasteiger partial charge in [-0.1, -0.05) is 18.2 Å². The van der Waals surface area contributed by atoms with E-state index in [1.807, 2.05) is 41.3 Å². The molecule has 5 heteroatoms. The zero-order valence-corrected chi connectivity index (χ0v) is 14.7. The smallest absolute Gasteiger partial charge is 0.253 e. The van der Waals surface area contributed by atoms with Crippen LogP contribution in [0.3, 0.4) is 0 Å². The minimum atomic E-state index is 0.0747. The topological polar surface area (TPSA) is 56.7 Å². The van der Waals surface area contributed by atoms with E-state index in [0.717, 1.165) is 48.3 Å². The van der Waals surface area contributed by atoms with E-state index in [1.54, 1.807) is 18.2 Å². The van der Waals surface area contributed by atoms with Gasteiger partial charge in [-0.3, -0.25) is 4.79 Å². The Hall–Kier alpha value is -2.92. The average Bonchev–Trinajstić information content (AvgIpc) is 2.68. The highest BCUT2D eigenvalue weighted by Crippen LogP contribution is 2.24. The van der Waals surface area contributed by atoms with Crippen LogP contribution in [0.1, 0.15) is 10.4 Å². The van der Waals surface area contributed by atoms with Crippen molar-refractivity contribution in [1.82, 2.24) is 14.8 Å². The van der Waals surface area contributed by atoms with Gasteiger partial charge >= 0.3 is 0 Å². The van der Waals surface area contributed by atoms with Gasteiger partial charge < -0.3 is 14.9 Å². The molecule has 2 aromatic carbocycles. The molecule has 2 heterocycles. The summed E-state index contributed by atoms with van der Waals surface area (Å²) < 4.78 is 0. The molecule has 3 aromatic rings. The lowest BCUT2D eigenvalue weighted by Crippen LogP contribution is -2.47. The van der Waals surface area contributed by atoms with E-state index in [-0.39, 0.29) is 11.7 Å². The van der Waals surface area contributed by atoms with Crippen LogP contribution in [0.15, 0.2) is 54.6 Å². The molecule has 0 aliphatic carbocycles. The number of phenolic OH excluding ortho intramolecular Hbond substituents is 1. The Morgan fingerprint density at radius 2 is 1.81 bits per heavy atom. The molecule has 0 radical (unpaired) electrons. The van der Waals surface area contributed by atoms with E-state index in [2.05, 4.69) is 16.9 Å². The highest BCUT2D eigenvalue weighted by Gasteiger charge is 2.20. The molecule has 0 atom stereocenters. The summed E-state index contributed by atoms with van der Waals surface area (Å²) in [6.45, 7) is 3.34. The predicted molar refractivity (Wildman–Crippen MR) is 102 cm³/mol. The first-order chi connectivity index (χ1) is 12.6. The molecule has 1 N–H and O–H groups in total. The van der Waals surface area contributed by atoms with E-state index in [1.165, 1.54) is 0 Å². The monoisotopic (exact) mass is 347 g/mol. The van der Waals surface area contributed by atoms with E-state index >= 15 is 0 Å². The molecule has 132 valence electrons. The number of pyridine rings is 1. The van der Waals surface area contributed by atoms with Gasteiger partial charge in [0.15, 0.2) is 0 Å². The number of hydrogen-bond acceptors (Lipinski definition) is 4. The van der Waals surface area contributed by atoms with Crippen LogP contribution in [0.25, 0.3) is 22.2 Å². The molecule has 1 aliphatic heterocycles. The van der Waals surface area contributed by atoms with Crippen molar-refractivity contribution in [2.24, 2.45) is 0 Å². The second kappa shape index (κ2) is 6.77. The quantitative estimate of drug-likeness (QED) is 0.774. The summed E-state index contributed by atoms with van der Waals surface area (Å²) in [6, 6.07) is 16.6. The summed E-state index contributed by atoms with van der Waals surface area (Å²) >= 11 is 0. The number of rotatable bonds is 2. The summed E-state index contributed by atoms with van der Waals surface area (Å²) in [5.74, 6) is 0.303. The van der Waals surface area contributed by atoms with Crippen molar-refractivity contribution in [2.75, 3.05) is 33.2 Å². The maximum absolute atomic E-state index is 12.8. The number of amides is 1. The standard InChI is InChI=1S/C21H21N3O2/c1-23-9-11-24(12-10-23)21(26)17-4-2-3-15(13-17)19-7-5-16-14-18(25)6-8-20(16)22-19/h2-8,13-14,25H,9-12H2,1H3. The van der Waals surface area contributed by atoms with Crippen LogP contribution in [-0.2, 0) is 0 Å². The second-order valence-corrected chi connectivity index (χ2v) is 6.75. The van der Waals surface area contributed by atoms with Gasteiger partial charge in [0.2, 0.25) is 0 Å². The van der Waals surface area contributed by atoms with Crippen molar-refractivity contribution >= 4 is 16.8 Å². The molecular weight excluding hydrogens is 326 g/mol. The Kier molecular flexibility index (Phi) is 4.31. The minimum absolute atomic E-state index is 0.0747. The van der Waals surface area contributed by atoms with Crippen LogP contribution in [0.4, 0.5) is 0 Å². The van der Waals surface area contributed by atoms with Gasteiger partial charge in [0.1, 0.15) is 5.75 Å². The molecule has 1 aliphatic rings. The number of carbonyl (C=O) groups is 1. The zero-order chi connectivity index (χ0) is 18.1. The second-order valence-electron chi connectivity index (χ2n) is 6.75. The molecule has 0 unspecified atom stereocenters. The van der Waals surface area contributed by atoms with Crippen molar-refractivity contribution in [2.45, 2.75) is 0 Å². The molecular formula is C21H21N3O2. The number of benzene rings is 2. The van der Waals surface area contributed by atoms with Crippen molar-refractivity contribution < 1.29 is 9.90 Å². The Morgan fingerprint density at radius 3 is 2.62 bits per heavy atom. The molecule has 26 heavy (non-hydrogen) atoms. The minimum Gasteiger partial charge on any atom is -0.508 e. The predicted octanol–water partition coefficient (Wildman–Crippen LogP) is 3.00. The highest BCUT2D eigenvalue weighted by atomic mass is 16.3. The number of aromatic hydroxyl groups is 1. The fourth-order valence-corrected chi connectivity index (χ4v) is 3.28. The molecule has 4 rings (SSSR count). The van der Waals surface area contributed by atoms with Crippen molar-refractivity contribution in [3.05, 3.63) is 60.2 Å². The summed E-state index contributed by atoms with van der Waals surface area (Å²) in [6.07, 6.45) is 0. The number of nitrogens with zero attached hydrogens (tertiary/aromatic N) is 3. The van der Waals surface area contributed by atoms with Gasteiger partial charge in [-0.05, 0) is 43.4 Å². The maximum Gasteiger partial charge on any atom is 0.253 e. The third-order valence-electron chi connectivity index (χ3n) is 4.87. The number of likely N-dealkylation sites (N-methyl/N-ethyl adjacent to an activating group) is 1. The molecule has 0 bridgehead atoms. The highest BCUT2D eigenvalue weighted by molar-refractivity contribution is 5.95. The molecule has 1 amide bonds. The van der Waals surface area contributed by atoms with Gasteiger partial charge in [-0.2, -0.15) is 0 Å². The third kappa shape index (κ3) is 3.26. The largest absolute Gasteiger partial charge is 0.508 e. The number of aromatic nitrogens is 1. The zero-order valence-electron chi connectivity index (χ0n) is 14.7. The van der Waals surface area contributed by atoms with E-state index in [0.29, 0.717) is 5.56 Å². The first kappa shape index (κ1) is 16.5. The number of hydrogen-bond donors (Lipinski definition) is 1. The van der Waals surface area contributed by atoms with Crippen LogP contribution in [0, 0.1) is 0 Å². The van der Waals surface area contributed by atoms with Gasteiger partial charge in [0, 0.05) is 42.7 Å². The fourth-order valence-electron chi connectivity index (χ4n) is 3.28. The lowest BCUT2D eigenvalue weighted by atomic mass is 10.1. The van der Waals surface area contributed by atoms with Crippen LogP contribution in [0.2, 0.25) is 0 Å². The summed E-state index contributed by atoms with van der Waals surface area (Å²) in [5.41, 5.74) is 3.24. The summed E-state index contributed by atoms with van der Waals surface area (Å²) in [4.78, 5) is 21.6. The molecule has 1 fully saturated rings. The molecule has 0 spiro atoms. The van der Waals surface area contributed by atoms with Crippen LogP contribution in [-0.4, -0.2) is 59.0 Å². The van der Waals surface area contributed by atoms with Gasteiger partial charge in [0.25, 0.3) is 5.91 Å². The van der Waals surface area contributed by atoms with Gasteiger partial charge in [0.05, 0.1) is 11.2 Å². The van der Waals surface area contributed by atoms with Crippen molar-refractivity contribution in [1.29, 1.82) is 0 Å². The Balaban J connectivity index is 1.63. The lowest BCUT2D eigenvalue weighted by Gasteiger charge is -2.32. The SMILES string of the molecule is CN1CCN(C(=O)c2cccc(-c3ccc4cc(O)ccc4n3)c2)CC1. The van der Waals surface area contributed by atoms with Gasteiger partial charge in [-0.15, -0.1) is 0 Å². The fraction of sp³-hybridized carbons (Fsp3) is 0.238. The van der Waals surface area contributed by atoms with Crippen LogP contribution >= 0.6 is 0 Å². The Morgan fingerprint density at radius 1 is 1.00 bits per heavy atom. The molecule has 1 saturated heterocycles. The molecule has 0 saturated carbocycles. The maximum atomic E-state index is 12.8. The lowest BCUT2D eigenvalue weighted by molar-refractivity contribution is 0.0664. The number of phenols is 1. The average molecular weight is 347 g/mol. The van der Waals surface area contributed by atoms with Crippen LogP contribution < -0.4 is 0 Å². The third-order valence-corrected chi connectivity index (χ3v) is 4.87. The number of carbonyl (C=O) groups excluding carboxylic acids is 1. The molecule has 5 nitrogen and oxygen atoms in total. The Labute approximate surface area is 152 Å². The van der Waals surface area contributed by atoms with Crippen molar-refractivity contribution in [3.63, 3.8) is 0 Å². The van der Waals surface area contributed by atoms with Crippen molar-refractivity contribution in [3.8, 4) is 17.0 Å². The summed E-state index contributed by atoms with van der Waals surface area (Å²) in [7, 11) is 2.08. The number of piperazine rings is 1. The summed E-state index contributed by atoms with van der Waals surface area (Å²) in [5, 5.41) is 10.5. The van der Waals surface area contributed by atoms with Crippen LogP contribution in [0.5, 0.6) is 5.75 Å². The Bertz CT molecular complexity index is 962. The van der Waals surface area contributed by atoms with E-state index in [4.69, 9.17) is 0 Å². The first-order valence-corrected chi connectivity index (χ1v) is 8.78. The number of fused-ring (bicyclic) bond motifs is 1. The van der Waals surface area contributed by atoms with E-state index < -0.39 is 0 Å². The normalized spacial score (nSPS) is 15.3. The molecule has 1 aromatic heterocycles.